The van der Waals surface area contributed by atoms with E-state index in [2.05, 4.69) is 0 Å². The van der Waals surface area contributed by atoms with Crippen molar-refractivity contribution in [3.8, 4) is 5.75 Å². The molecule has 2 aliphatic heterocycles. The van der Waals surface area contributed by atoms with Crippen molar-refractivity contribution in [3.05, 3.63) is 30.1 Å². The van der Waals surface area contributed by atoms with Gasteiger partial charge in [-0.15, -0.1) is 0 Å². The van der Waals surface area contributed by atoms with Crippen molar-refractivity contribution in [2.75, 3.05) is 19.7 Å². The molecule has 0 saturated carbocycles. The largest absolute Gasteiger partial charge is 0.481 e. The second-order valence-electron chi connectivity index (χ2n) is 6.95. The number of piperidine rings is 1. The SMILES string of the molecule is CC(Oc1cccc(F)c1)C(=O)N1CCC([C@@H]2OCCC2C(=O)O)CC1. The fourth-order valence-corrected chi connectivity index (χ4v) is 3.84. The lowest BCUT2D eigenvalue weighted by Crippen LogP contribution is -2.47. The van der Waals surface area contributed by atoms with Crippen LogP contribution in [0.5, 0.6) is 5.75 Å². The van der Waals surface area contributed by atoms with Crippen LogP contribution in [-0.2, 0) is 14.3 Å². The Hall–Kier alpha value is -2.15. The van der Waals surface area contributed by atoms with Crippen molar-refractivity contribution in [1.29, 1.82) is 0 Å². The van der Waals surface area contributed by atoms with Crippen LogP contribution in [0.25, 0.3) is 0 Å². The Balaban J connectivity index is 1.52. The van der Waals surface area contributed by atoms with Gasteiger partial charge in [0, 0.05) is 25.8 Å². The van der Waals surface area contributed by atoms with Crippen LogP contribution in [0.3, 0.4) is 0 Å². The number of carbonyl (C=O) groups is 2. The van der Waals surface area contributed by atoms with Crippen LogP contribution < -0.4 is 4.74 Å². The summed E-state index contributed by atoms with van der Waals surface area (Å²) >= 11 is 0. The van der Waals surface area contributed by atoms with E-state index in [1.54, 1.807) is 17.9 Å². The first-order valence-electron chi connectivity index (χ1n) is 9.01. The molecule has 142 valence electrons. The summed E-state index contributed by atoms with van der Waals surface area (Å²) in [6.45, 7) is 3.23. The van der Waals surface area contributed by atoms with Gasteiger partial charge in [-0.3, -0.25) is 9.59 Å². The maximum atomic E-state index is 13.2. The number of benzene rings is 1. The average Bonchev–Trinajstić information content (AvgIpc) is 3.11. The third-order valence-electron chi connectivity index (χ3n) is 5.23. The van der Waals surface area contributed by atoms with Gasteiger partial charge in [-0.05, 0) is 44.2 Å². The van der Waals surface area contributed by atoms with E-state index >= 15 is 0 Å². The molecular weight excluding hydrogens is 341 g/mol. The number of likely N-dealkylation sites (tertiary alicyclic amines) is 1. The predicted molar refractivity (Wildman–Crippen MR) is 91.3 cm³/mol. The van der Waals surface area contributed by atoms with Crippen LogP contribution in [0.2, 0.25) is 0 Å². The van der Waals surface area contributed by atoms with Crippen molar-refractivity contribution in [2.45, 2.75) is 38.4 Å². The van der Waals surface area contributed by atoms with Gasteiger partial charge in [0.2, 0.25) is 0 Å². The molecule has 0 spiro atoms. The first-order chi connectivity index (χ1) is 12.5. The molecule has 2 unspecified atom stereocenters. The maximum absolute atomic E-state index is 13.2. The Labute approximate surface area is 151 Å². The lowest BCUT2D eigenvalue weighted by atomic mass is 9.84. The fraction of sp³-hybridized carbons (Fsp3) is 0.579. The molecule has 1 aromatic rings. The van der Waals surface area contributed by atoms with Crippen molar-refractivity contribution in [3.63, 3.8) is 0 Å². The zero-order valence-electron chi connectivity index (χ0n) is 14.8. The van der Waals surface area contributed by atoms with E-state index in [0.29, 0.717) is 44.7 Å². The number of hydrogen-bond donors (Lipinski definition) is 1. The van der Waals surface area contributed by atoms with Gasteiger partial charge >= 0.3 is 5.97 Å². The summed E-state index contributed by atoms with van der Waals surface area (Å²) in [5.41, 5.74) is 0. The third-order valence-corrected chi connectivity index (χ3v) is 5.23. The summed E-state index contributed by atoms with van der Waals surface area (Å²) in [7, 11) is 0. The van der Waals surface area contributed by atoms with E-state index < -0.39 is 23.8 Å². The molecule has 3 rings (SSSR count). The zero-order chi connectivity index (χ0) is 18.7. The molecule has 0 radical (unpaired) electrons. The van der Waals surface area contributed by atoms with E-state index in [1.165, 1.54) is 18.2 Å². The highest BCUT2D eigenvalue weighted by molar-refractivity contribution is 5.81. The Morgan fingerprint density at radius 1 is 1.31 bits per heavy atom. The summed E-state index contributed by atoms with van der Waals surface area (Å²) in [6.07, 6.45) is 1.02. The Bertz CT molecular complexity index is 659. The molecule has 0 bridgehead atoms. The molecule has 7 heteroatoms. The van der Waals surface area contributed by atoms with Crippen LogP contribution in [0.1, 0.15) is 26.2 Å². The molecule has 2 fully saturated rings. The number of carboxylic acid groups (broad SMARTS) is 1. The summed E-state index contributed by atoms with van der Waals surface area (Å²) in [4.78, 5) is 25.6. The topological polar surface area (TPSA) is 76.1 Å². The lowest BCUT2D eigenvalue weighted by molar-refractivity contribution is -0.146. The second kappa shape index (κ2) is 8.03. The van der Waals surface area contributed by atoms with Crippen LogP contribution in [0.15, 0.2) is 24.3 Å². The normalized spacial score (nSPS) is 25.1. The molecule has 2 heterocycles. The Morgan fingerprint density at radius 3 is 2.69 bits per heavy atom. The van der Waals surface area contributed by atoms with Gasteiger partial charge in [0.25, 0.3) is 5.91 Å². The summed E-state index contributed by atoms with van der Waals surface area (Å²) in [5, 5.41) is 9.30. The summed E-state index contributed by atoms with van der Waals surface area (Å²) in [6, 6.07) is 5.72. The van der Waals surface area contributed by atoms with Gasteiger partial charge in [-0.25, -0.2) is 4.39 Å². The van der Waals surface area contributed by atoms with E-state index in [0.717, 1.165) is 0 Å². The minimum atomic E-state index is -0.803. The molecule has 6 nitrogen and oxygen atoms in total. The Morgan fingerprint density at radius 2 is 2.04 bits per heavy atom. The molecule has 0 aliphatic carbocycles. The molecule has 1 aromatic carbocycles. The van der Waals surface area contributed by atoms with Crippen LogP contribution in [0.4, 0.5) is 4.39 Å². The van der Waals surface area contributed by atoms with Crippen molar-refractivity contribution in [2.24, 2.45) is 11.8 Å². The van der Waals surface area contributed by atoms with Gasteiger partial charge in [-0.1, -0.05) is 6.07 Å². The van der Waals surface area contributed by atoms with E-state index in [-0.39, 0.29) is 17.9 Å². The number of carbonyl (C=O) groups excluding carboxylic acids is 1. The number of ether oxygens (including phenoxy) is 2. The van der Waals surface area contributed by atoms with E-state index in [4.69, 9.17) is 9.47 Å². The van der Waals surface area contributed by atoms with Gasteiger partial charge in [0.15, 0.2) is 6.10 Å². The number of aliphatic carboxylic acids is 1. The monoisotopic (exact) mass is 365 g/mol. The smallest absolute Gasteiger partial charge is 0.309 e. The first kappa shape index (κ1) is 18.6. The number of hydrogen-bond acceptors (Lipinski definition) is 4. The molecule has 3 atom stereocenters. The Kier molecular flexibility index (Phi) is 5.76. The number of nitrogens with zero attached hydrogens (tertiary/aromatic N) is 1. The highest BCUT2D eigenvalue weighted by Gasteiger charge is 2.41. The van der Waals surface area contributed by atoms with E-state index in [9.17, 15) is 19.1 Å². The number of rotatable bonds is 5. The highest BCUT2D eigenvalue weighted by Crippen LogP contribution is 2.33. The lowest BCUT2D eigenvalue weighted by Gasteiger charge is -2.36. The molecule has 2 aliphatic rings. The number of carboxylic acids is 1. The van der Waals surface area contributed by atoms with Crippen LogP contribution in [0, 0.1) is 17.7 Å². The van der Waals surface area contributed by atoms with Crippen molar-refractivity contribution in [1.82, 2.24) is 4.90 Å². The number of halogens is 1. The summed E-state index contributed by atoms with van der Waals surface area (Å²) < 4.78 is 24.4. The molecule has 1 N–H and O–H groups in total. The van der Waals surface area contributed by atoms with Crippen molar-refractivity contribution < 1.29 is 28.6 Å². The molecule has 26 heavy (non-hydrogen) atoms. The van der Waals surface area contributed by atoms with Gasteiger partial charge in [0.05, 0.1) is 12.0 Å². The van der Waals surface area contributed by atoms with Gasteiger partial charge < -0.3 is 19.5 Å². The van der Waals surface area contributed by atoms with Gasteiger partial charge in [0.1, 0.15) is 11.6 Å². The summed E-state index contributed by atoms with van der Waals surface area (Å²) in [5.74, 6) is -1.32. The average molecular weight is 365 g/mol. The molecule has 0 aromatic heterocycles. The van der Waals surface area contributed by atoms with Crippen LogP contribution >= 0.6 is 0 Å². The first-order valence-corrected chi connectivity index (χ1v) is 9.01. The quantitative estimate of drug-likeness (QED) is 0.867. The fourth-order valence-electron chi connectivity index (χ4n) is 3.84. The van der Waals surface area contributed by atoms with E-state index in [1.807, 2.05) is 0 Å². The van der Waals surface area contributed by atoms with Crippen molar-refractivity contribution >= 4 is 11.9 Å². The number of amides is 1. The minimum absolute atomic E-state index is 0.144. The third kappa shape index (κ3) is 4.15. The zero-order valence-corrected chi connectivity index (χ0v) is 14.8. The minimum Gasteiger partial charge on any atom is -0.481 e. The van der Waals surface area contributed by atoms with Crippen LogP contribution in [-0.4, -0.2) is 53.8 Å². The van der Waals surface area contributed by atoms with Gasteiger partial charge in [-0.2, -0.15) is 0 Å². The standard InChI is InChI=1S/C19H24FNO5/c1-12(26-15-4-2-3-14(20)11-15)18(22)21-8-5-13(6-9-21)17-16(19(23)24)7-10-25-17/h2-4,11-13,16-17H,5-10H2,1H3,(H,23,24)/t12?,16?,17-/m0/s1. The highest BCUT2D eigenvalue weighted by atomic mass is 19.1. The maximum Gasteiger partial charge on any atom is 0.309 e. The molecule has 1 amide bonds. The molecular formula is C19H24FNO5. The predicted octanol–water partition coefficient (Wildman–Crippen LogP) is 2.32. The second-order valence-corrected chi connectivity index (χ2v) is 6.95. The molecule has 2 saturated heterocycles.